The second-order valence-electron chi connectivity index (χ2n) is 6.18. The number of hydrogen-bond donors (Lipinski definition) is 1. The zero-order valence-corrected chi connectivity index (χ0v) is 17.5. The SMILES string of the molecule is COc1cccc(/C=C2\SC(=S)N(C(Cc3ccccc3)C(=O)O)C2=O)c1OC. The standard InChI is InChI=1S/C21H19NO5S2/c1-26-16-10-6-9-14(18(16)27-2)12-17-19(23)22(21(28)29-17)15(20(24)25)11-13-7-4-3-5-8-13/h3-10,12,15H,11H2,1-2H3,(H,24,25)/b17-12-. The van der Waals surface area contributed by atoms with E-state index in [1.165, 1.54) is 19.1 Å². The number of thiocarbonyl (C=S) groups is 1. The number of amides is 1. The summed E-state index contributed by atoms with van der Waals surface area (Å²) >= 11 is 6.42. The molecule has 150 valence electrons. The number of rotatable bonds is 7. The molecule has 1 aliphatic heterocycles. The minimum atomic E-state index is -1.11. The monoisotopic (exact) mass is 429 g/mol. The highest BCUT2D eigenvalue weighted by molar-refractivity contribution is 8.26. The van der Waals surface area contributed by atoms with E-state index in [4.69, 9.17) is 21.7 Å². The summed E-state index contributed by atoms with van der Waals surface area (Å²) in [4.78, 5) is 26.4. The van der Waals surface area contributed by atoms with Gasteiger partial charge in [0.15, 0.2) is 11.5 Å². The van der Waals surface area contributed by atoms with Gasteiger partial charge in [-0.25, -0.2) is 4.79 Å². The number of carbonyl (C=O) groups excluding carboxylic acids is 1. The van der Waals surface area contributed by atoms with Crippen molar-refractivity contribution in [1.29, 1.82) is 0 Å². The third kappa shape index (κ3) is 4.44. The predicted octanol–water partition coefficient (Wildman–Crippen LogP) is 3.60. The zero-order chi connectivity index (χ0) is 21.0. The lowest BCUT2D eigenvalue weighted by atomic mass is 10.0. The van der Waals surface area contributed by atoms with Crippen molar-refractivity contribution in [1.82, 2.24) is 4.90 Å². The van der Waals surface area contributed by atoms with E-state index in [2.05, 4.69) is 0 Å². The van der Waals surface area contributed by atoms with Gasteiger partial charge in [-0.05, 0) is 17.7 Å². The minimum absolute atomic E-state index is 0.165. The first-order valence-corrected chi connectivity index (χ1v) is 9.93. The zero-order valence-electron chi connectivity index (χ0n) is 15.8. The first-order chi connectivity index (χ1) is 14.0. The van der Waals surface area contributed by atoms with E-state index in [9.17, 15) is 14.7 Å². The first-order valence-electron chi connectivity index (χ1n) is 8.71. The van der Waals surface area contributed by atoms with Crippen molar-refractivity contribution >= 4 is 46.3 Å². The number of nitrogens with zero attached hydrogens (tertiary/aromatic N) is 1. The molecule has 1 N–H and O–H groups in total. The highest BCUT2D eigenvalue weighted by Gasteiger charge is 2.40. The summed E-state index contributed by atoms with van der Waals surface area (Å²) in [5, 5.41) is 9.74. The molecule has 0 aliphatic carbocycles. The van der Waals surface area contributed by atoms with E-state index in [1.54, 1.807) is 24.3 Å². The van der Waals surface area contributed by atoms with E-state index in [0.717, 1.165) is 17.3 Å². The highest BCUT2D eigenvalue weighted by atomic mass is 32.2. The average Bonchev–Trinajstić information content (AvgIpc) is 2.99. The fraction of sp³-hybridized carbons (Fsp3) is 0.190. The fourth-order valence-electron chi connectivity index (χ4n) is 3.04. The van der Waals surface area contributed by atoms with E-state index < -0.39 is 17.9 Å². The number of carboxylic acid groups (broad SMARTS) is 1. The molecule has 0 spiro atoms. The first kappa shape index (κ1) is 20.9. The molecule has 1 aliphatic rings. The van der Waals surface area contributed by atoms with Crippen molar-refractivity contribution < 1.29 is 24.2 Å². The number of carboxylic acids is 1. The van der Waals surface area contributed by atoms with E-state index in [1.807, 2.05) is 30.3 Å². The number of ether oxygens (including phenoxy) is 2. The largest absolute Gasteiger partial charge is 0.493 e. The topological polar surface area (TPSA) is 76.1 Å². The Morgan fingerprint density at radius 3 is 2.52 bits per heavy atom. The number of carbonyl (C=O) groups is 2. The van der Waals surface area contributed by atoms with Gasteiger partial charge in [0.25, 0.3) is 5.91 Å². The lowest BCUT2D eigenvalue weighted by Gasteiger charge is -2.23. The molecule has 1 atom stereocenters. The molecule has 0 saturated carbocycles. The number of hydrogen-bond acceptors (Lipinski definition) is 6. The lowest BCUT2D eigenvalue weighted by molar-refractivity contribution is -0.145. The molecular formula is C21H19NO5S2. The summed E-state index contributed by atoms with van der Waals surface area (Å²) in [6.07, 6.45) is 1.81. The molecule has 0 bridgehead atoms. The maximum Gasteiger partial charge on any atom is 0.327 e. The average molecular weight is 430 g/mol. The van der Waals surface area contributed by atoms with E-state index in [-0.39, 0.29) is 10.7 Å². The summed E-state index contributed by atoms with van der Waals surface area (Å²) < 4.78 is 10.9. The van der Waals surface area contributed by atoms with Gasteiger partial charge in [0.05, 0.1) is 19.1 Å². The van der Waals surface area contributed by atoms with Crippen LogP contribution >= 0.6 is 24.0 Å². The van der Waals surface area contributed by atoms with Crippen molar-refractivity contribution in [2.24, 2.45) is 0 Å². The van der Waals surface area contributed by atoms with Gasteiger partial charge in [0.1, 0.15) is 10.4 Å². The minimum Gasteiger partial charge on any atom is -0.493 e. The molecule has 1 unspecified atom stereocenters. The number of aliphatic carboxylic acids is 1. The third-order valence-electron chi connectivity index (χ3n) is 4.41. The van der Waals surface area contributed by atoms with Crippen LogP contribution in [-0.4, -0.2) is 46.5 Å². The van der Waals surface area contributed by atoms with Gasteiger partial charge < -0.3 is 14.6 Å². The predicted molar refractivity (Wildman–Crippen MR) is 116 cm³/mol. The summed E-state index contributed by atoms with van der Waals surface area (Å²) in [6, 6.07) is 13.4. The van der Waals surface area contributed by atoms with Crippen molar-refractivity contribution in [2.75, 3.05) is 14.2 Å². The molecule has 2 aromatic carbocycles. The van der Waals surface area contributed by atoms with Gasteiger partial charge >= 0.3 is 5.97 Å². The van der Waals surface area contributed by atoms with Crippen molar-refractivity contribution in [3.05, 3.63) is 64.6 Å². The van der Waals surface area contributed by atoms with Crippen LogP contribution in [0.25, 0.3) is 6.08 Å². The Kier molecular flexibility index (Phi) is 6.56. The molecule has 1 heterocycles. The van der Waals surface area contributed by atoms with Gasteiger partial charge in [0, 0.05) is 12.0 Å². The maximum atomic E-state index is 13.0. The Hall–Kier alpha value is -2.84. The molecule has 2 aromatic rings. The Balaban J connectivity index is 1.93. The van der Waals surface area contributed by atoms with Gasteiger partial charge in [0.2, 0.25) is 0 Å². The fourth-order valence-corrected chi connectivity index (χ4v) is 4.39. The Morgan fingerprint density at radius 2 is 1.90 bits per heavy atom. The molecule has 0 radical (unpaired) electrons. The third-order valence-corrected chi connectivity index (χ3v) is 5.74. The van der Waals surface area contributed by atoms with Crippen LogP contribution in [0.4, 0.5) is 0 Å². The molecular weight excluding hydrogens is 410 g/mol. The molecule has 1 amide bonds. The van der Waals surface area contributed by atoms with Gasteiger partial charge in [-0.3, -0.25) is 9.69 Å². The number of para-hydroxylation sites is 1. The van der Waals surface area contributed by atoms with Crippen LogP contribution in [0.2, 0.25) is 0 Å². The molecule has 1 saturated heterocycles. The van der Waals surface area contributed by atoms with Crippen LogP contribution in [0.15, 0.2) is 53.4 Å². The van der Waals surface area contributed by atoms with E-state index in [0.29, 0.717) is 22.0 Å². The molecule has 3 rings (SSSR count). The van der Waals surface area contributed by atoms with Crippen LogP contribution in [0, 0.1) is 0 Å². The van der Waals surface area contributed by atoms with E-state index >= 15 is 0 Å². The van der Waals surface area contributed by atoms with Crippen LogP contribution < -0.4 is 9.47 Å². The summed E-state index contributed by atoms with van der Waals surface area (Å²) in [6.45, 7) is 0. The molecule has 6 nitrogen and oxygen atoms in total. The quantitative estimate of drug-likeness (QED) is 0.532. The normalized spacial score (nSPS) is 16.2. The van der Waals surface area contributed by atoms with Crippen molar-refractivity contribution in [3.63, 3.8) is 0 Å². The molecule has 8 heteroatoms. The molecule has 29 heavy (non-hydrogen) atoms. The number of thioether (sulfide) groups is 1. The number of methoxy groups -OCH3 is 2. The summed E-state index contributed by atoms with van der Waals surface area (Å²) in [5.74, 6) is -0.526. The smallest absolute Gasteiger partial charge is 0.327 e. The van der Waals surface area contributed by atoms with Crippen LogP contribution in [-0.2, 0) is 16.0 Å². The Morgan fingerprint density at radius 1 is 1.17 bits per heavy atom. The van der Waals surface area contributed by atoms with Gasteiger partial charge in [-0.15, -0.1) is 0 Å². The van der Waals surface area contributed by atoms with Crippen LogP contribution in [0.1, 0.15) is 11.1 Å². The van der Waals surface area contributed by atoms with Gasteiger partial charge in [-0.1, -0.05) is 66.4 Å². The summed E-state index contributed by atoms with van der Waals surface area (Å²) in [7, 11) is 3.04. The van der Waals surface area contributed by atoms with Crippen LogP contribution in [0.5, 0.6) is 11.5 Å². The molecule has 1 fully saturated rings. The lowest BCUT2D eigenvalue weighted by Crippen LogP contribution is -2.45. The number of benzene rings is 2. The Bertz CT molecular complexity index is 974. The highest BCUT2D eigenvalue weighted by Crippen LogP contribution is 2.38. The second kappa shape index (κ2) is 9.11. The Labute approximate surface area is 178 Å². The second-order valence-corrected chi connectivity index (χ2v) is 7.85. The maximum absolute atomic E-state index is 13.0. The van der Waals surface area contributed by atoms with Crippen LogP contribution in [0.3, 0.4) is 0 Å². The van der Waals surface area contributed by atoms with Gasteiger partial charge in [-0.2, -0.15) is 0 Å². The van der Waals surface area contributed by atoms with Crippen molar-refractivity contribution in [2.45, 2.75) is 12.5 Å². The summed E-state index contributed by atoms with van der Waals surface area (Å²) in [5.41, 5.74) is 1.45. The van der Waals surface area contributed by atoms with Crippen molar-refractivity contribution in [3.8, 4) is 11.5 Å². The molecule has 0 aromatic heterocycles.